The van der Waals surface area contributed by atoms with Gasteiger partial charge >= 0.3 is 0 Å². The van der Waals surface area contributed by atoms with Gasteiger partial charge in [-0.15, -0.1) is 0 Å². The van der Waals surface area contributed by atoms with Crippen molar-refractivity contribution in [2.24, 2.45) is 0 Å². The molecule has 3 rings (SSSR count). The van der Waals surface area contributed by atoms with Crippen LogP contribution in [-0.2, 0) is 11.3 Å². The minimum Gasteiger partial charge on any atom is -0.493 e. The summed E-state index contributed by atoms with van der Waals surface area (Å²) in [7, 11) is 1.41. The van der Waals surface area contributed by atoms with E-state index in [0.29, 0.717) is 17.9 Å². The second-order valence-corrected chi connectivity index (χ2v) is 5.92. The standard InChI is InChI=1S/C22H22N2O3/c1-26-24-22(25)20-12-5-6-13-21(20)23-18-10-7-11-19(16-18)27-15-14-17-8-3-2-4-9-17/h2-13,16,23H,14-15H2,1H3,(H,24,25). The van der Waals surface area contributed by atoms with E-state index in [2.05, 4.69) is 22.9 Å². The lowest BCUT2D eigenvalue weighted by Gasteiger charge is -2.13. The van der Waals surface area contributed by atoms with Crippen LogP contribution in [0.1, 0.15) is 15.9 Å². The van der Waals surface area contributed by atoms with Crippen LogP contribution >= 0.6 is 0 Å². The SMILES string of the molecule is CONC(=O)c1ccccc1Nc1cccc(OCCc2ccccc2)c1. The molecule has 138 valence electrons. The number of benzene rings is 3. The van der Waals surface area contributed by atoms with Crippen LogP contribution in [0.4, 0.5) is 11.4 Å². The summed E-state index contributed by atoms with van der Waals surface area (Å²) in [5.74, 6) is 0.464. The van der Waals surface area contributed by atoms with Crippen LogP contribution in [0.3, 0.4) is 0 Å². The molecule has 0 spiro atoms. The van der Waals surface area contributed by atoms with Crippen LogP contribution < -0.4 is 15.5 Å². The second-order valence-electron chi connectivity index (χ2n) is 5.92. The average molecular weight is 362 g/mol. The summed E-state index contributed by atoms with van der Waals surface area (Å²) in [6.45, 7) is 0.598. The summed E-state index contributed by atoms with van der Waals surface area (Å²) in [5, 5.41) is 3.26. The van der Waals surface area contributed by atoms with Crippen LogP contribution in [0.25, 0.3) is 0 Å². The second kappa shape index (κ2) is 9.40. The molecular weight excluding hydrogens is 340 g/mol. The Kier molecular flexibility index (Phi) is 6.44. The van der Waals surface area contributed by atoms with Gasteiger partial charge in [-0.05, 0) is 29.8 Å². The van der Waals surface area contributed by atoms with Crippen molar-refractivity contribution in [3.63, 3.8) is 0 Å². The molecule has 0 aliphatic heterocycles. The van der Waals surface area contributed by atoms with Gasteiger partial charge in [-0.25, -0.2) is 5.48 Å². The Bertz CT molecular complexity index is 881. The molecule has 0 saturated carbocycles. The molecule has 0 aliphatic rings. The molecule has 0 radical (unpaired) electrons. The number of amides is 1. The number of hydroxylamine groups is 1. The highest BCUT2D eigenvalue weighted by atomic mass is 16.6. The van der Waals surface area contributed by atoms with E-state index in [4.69, 9.17) is 9.57 Å². The predicted molar refractivity (Wildman–Crippen MR) is 106 cm³/mol. The van der Waals surface area contributed by atoms with Gasteiger partial charge in [-0.3, -0.25) is 9.63 Å². The fourth-order valence-corrected chi connectivity index (χ4v) is 2.69. The highest BCUT2D eigenvalue weighted by Crippen LogP contribution is 2.24. The van der Waals surface area contributed by atoms with E-state index in [9.17, 15) is 4.79 Å². The zero-order valence-corrected chi connectivity index (χ0v) is 15.1. The number of rotatable bonds is 8. The van der Waals surface area contributed by atoms with Gasteiger partial charge in [-0.2, -0.15) is 0 Å². The molecule has 27 heavy (non-hydrogen) atoms. The van der Waals surface area contributed by atoms with Crippen LogP contribution in [0.15, 0.2) is 78.9 Å². The highest BCUT2D eigenvalue weighted by molar-refractivity contribution is 5.99. The Morgan fingerprint density at radius 2 is 1.70 bits per heavy atom. The number of carbonyl (C=O) groups is 1. The molecular formula is C22H22N2O3. The first kappa shape index (κ1) is 18.5. The van der Waals surface area contributed by atoms with Gasteiger partial charge in [0, 0.05) is 18.2 Å². The zero-order chi connectivity index (χ0) is 18.9. The molecule has 0 aliphatic carbocycles. The van der Waals surface area contributed by atoms with Crippen molar-refractivity contribution in [1.29, 1.82) is 0 Å². The molecule has 0 fully saturated rings. The summed E-state index contributed by atoms with van der Waals surface area (Å²) < 4.78 is 5.87. The van der Waals surface area contributed by atoms with Crippen molar-refractivity contribution >= 4 is 17.3 Å². The number of nitrogens with one attached hydrogen (secondary N) is 2. The zero-order valence-electron chi connectivity index (χ0n) is 15.1. The first-order valence-electron chi connectivity index (χ1n) is 8.72. The first-order chi connectivity index (χ1) is 13.3. The van der Waals surface area contributed by atoms with Gasteiger partial charge in [0.25, 0.3) is 5.91 Å². The maximum absolute atomic E-state index is 12.1. The van der Waals surface area contributed by atoms with Gasteiger partial charge in [0.05, 0.1) is 25.0 Å². The van der Waals surface area contributed by atoms with Gasteiger partial charge in [0.2, 0.25) is 0 Å². The maximum atomic E-state index is 12.1. The molecule has 5 heteroatoms. The number of hydrogen-bond donors (Lipinski definition) is 2. The van der Waals surface area contributed by atoms with E-state index >= 15 is 0 Å². The molecule has 0 unspecified atom stereocenters. The lowest BCUT2D eigenvalue weighted by Crippen LogP contribution is -2.22. The molecule has 0 atom stereocenters. The van der Waals surface area contributed by atoms with E-state index in [0.717, 1.165) is 17.9 Å². The maximum Gasteiger partial charge on any atom is 0.276 e. The van der Waals surface area contributed by atoms with Crippen LogP contribution in [0.2, 0.25) is 0 Å². The summed E-state index contributed by atoms with van der Waals surface area (Å²) in [6, 6.07) is 25.1. The minimum absolute atomic E-state index is 0.309. The fourth-order valence-electron chi connectivity index (χ4n) is 2.69. The highest BCUT2D eigenvalue weighted by Gasteiger charge is 2.10. The Hall–Kier alpha value is -3.31. The quantitative estimate of drug-likeness (QED) is 0.585. The third-order valence-electron chi connectivity index (χ3n) is 3.98. The van der Waals surface area contributed by atoms with E-state index in [-0.39, 0.29) is 5.91 Å². The number of ether oxygens (including phenoxy) is 1. The number of anilines is 2. The van der Waals surface area contributed by atoms with Crippen molar-refractivity contribution < 1.29 is 14.4 Å². The van der Waals surface area contributed by atoms with E-state index in [1.54, 1.807) is 12.1 Å². The average Bonchev–Trinajstić information content (AvgIpc) is 2.70. The molecule has 2 N–H and O–H groups in total. The predicted octanol–water partition coefficient (Wildman–Crippen LogP) is 4.34. The summed E-state index contributed by atoms with van der Waals surface area (Å²) >= 11 is 0. The van der Waals surface area contributed by atoms with Crippen molar-refractivity contribution in [3.8, 4) is 5.75 Å². The molecule has 0 aromatic heterocycles. The van der Waals surface area contributed by atoms with Gasteiger partial charge in [-0.1, -0.05) is 48.5 Å². The smallest absolute Gasteiger partial charge is 0.276 e. The molecule has 3 aromatic rings. The third-order valence-corrected chi connectivity index (χ3v) is 3.98. The first-order valence-corrected chi connectivity index (χ1v) is 8.72. The largest absolute Gasteiger partial charge is 0.493 e. The van der Waals surface area contributed by atoms with E-state index in [1.807, 2.05) is 54.6 Å². The normalized spacial score (nSPS) is 10.3. The summed E-state index contributed by atoms with van der Waals surface area (Å²) in [5.41, 5.74) is 5.60. The lowest BCUT2D eigenvalue weighted by atomic mass is 10.1. The molecule has 1 amide bonds. The van der Waals surface area contributed by atoms with Crippen LogP contribution in [-0.4, -0.2) is 19.6 Å². The Labute approximate surface area is 158 Å². The Balaban J connectivity index is 1.65. The van der Waals surface area contributed by atoms with E-state index in [1.165, 1.54) is 12.7 Å². The van der Waals surface area contributed by atoms with Crippen LogP contribution in [0.5, 0.6) is 5.75 Å². The van der Waals surface area contributed by atoms with Gasteiger partial charge in [0.1, 0.15) is 5.75 Å². The monoisotopic (exact) mass is 362 g/mol. The molecule has 0 heterocycles. The van der Waals surface area contributed by atoms with Crippen LogP contribution in [0, 0.1) is 0 Å². The minimum atomic E-state index is -0.309. The van der Waals surface area contributed by atoms with Crippen molar-refractivity contribution in [1.82, 2.24) is 5.48 Å². The van der Waals surface area contributed by atoms with Crippen molar-refractivity contribution in [3.05, 3.63) is 90.0 Å². The van der Waals surface area contributed by atoms with Gasteiger partial charge in [0.15, 0.2) is 0 Å². The third kappa shape index (κ3) is 5.33. The number of para-hydroxylation sites is 1. The van der Waals surface area contributed by atoms with Crippen molar-refractivity contribution in [2.75, 3.05) is 19.0 Å². The lowest BCUT2D eigenvalue weighted by molar-refractivity contribution is 0.0538. The van der Waals surface area contributed by atoms with Crippen molar-refractivity contribution in [2.45, 2.75) is 6.42 Å². The topological polar surface area (TPSA) is 59.6 Å². The Morgan fingerprint density at radius 1 is 0.926 bits per heavy atom. The summed E-state index contributed by atoms with van der Waals surface area (Å²) in [6.07, 6.45) is 0.846. The Morgan fingerprint density at radius 3 is 2.52 bits per heavy atom. The fraction of sp³-hybridized carbons (Fsp3) is 0.136. The molecule has 3 aromatic carbocycles. The van der Waals surface area contributed by atoms with E-state index < -0.39 is 0 Å². The summed E-state index contributed by atoms with van der Waals surface area (Å²) in [4.78, 5) is 16.8. The molecule has 0 saturated heterocycles. The number of carbonyl (C=O) groups excluding carboxylic acids is 1. The molecule has 0 bridgehead atoms. The molecule has 5 nitrogen and oxygen atoms in total. The van der Waals surface area contributed by atoms with Gasteiger partial charge < -0.3 is 10.1 Å². The number of hydrogen-bond acceptors (Lipinski definition) is 4.